The Morgan fingerprint density at radius 3 is 1.35 bits per heavy atom. The number of para-hydroxylation sites is 2. The molecule has 24 N–H and O–H groups in total. The van der Waals surface area contributed by atoms with E-state index in [1.165, 1.54) is 62.4 Å². The highest BCUT2D eigenvalue weighted by Crippen LogP contribution is 2.22. The molecule has 0 aliphatic carbocycles. The lowest BCUT2D eigenvalue weighted by Gasteiger charge is -2.30. The smallest absolute Gasteiger partial charge is 0.244 e. The monoisotopic (exact) mass is 1590 g/mol. The number of nitrogens with one attached hydrogen (secondary N) is 20. The number of amides is 11. The number of carbonyl (C=O) groups excluding carboxylic acids is 11. The third-order valence-corrected chi connectivity index (χ3v) is 20.7. The van der Waals surface area contributed by atoms with Crippen molar-refractivity contribution in [3.63, 3.8) is 0 Å². The van der Waals surface area contributed by atoms with Crippen molar-refractivity contribution in [2.45, 2.75) is 145 Å². The predicted molar refractivity (Wildman–Crippen MR) is 429 cm³/mol. The summed E-state index contributed by atoms with van der Waals surface area (Å²) in [4.78, 5) is 184. The molecule has 1 aliphatic rings. The highest BCUT2D eigenvalue weighted by atomic mass is 32.2. The van der Waals surface area contributed by atoms with Crippen LogP contribution in [-0.4, -0.2) is 210 Å². The second kappa shape index (κ2) is 42.8. The molecule has 600 valence electrons. The van der Waals surface area contributed by atoms with Crippen LogP contribution >= 0.6 is 23.5 Å². The van der Waals surface area contributed by atoms with Gasteiger partial charge in [-0.25, -0.2) is 9.97 Å². The molecule has 0 bridgehead atoms. The number of carbonyl (C=O) groups is 11. The Kier molecular flexibility index (Phi) is 32.1. The van der Waals surface area contributed by atoms with Crippen LogP contribution in [0.1, 0.15) is 73.2 Å². The predicted octanol–water partition coefficient (Wildman–Crippen LogP) is -0.635. The van der Waals surface area contributed by atoms with E-state index in [0.717, 1.165) is 10.9 Å². The summed E-state index contributed by atoms with van der Waals surface area (Å²) in [7, 11) is 0. The zero-order valence-electron chi connectivity index (χ0n) is 62.7. The first kappa shape index (κ1) is 84.8. The fourth-order valence-corrected chi connectivity index (χ4v) is 14.2. The number of aromatic nitrogens is 6. The molecule has 11 atom stereocenters. The maximum atomic E-state index is 15.4. The van der Waals surface area contributed by atoms with Gasteiger partial charge in [-0.3, -0.25) is 68.9 Å². The topological polar surface area (TPSA) is 545 Å². The summed E-state index contributed by atoms with van der Waals surface area (Å²) in [6, 6.07) is 18.0. The molecule has 0 radical (unpaired) electrons. The maximum absolute atomic E-state index is 15.4. The van der Waals surface area contributed by atoms with Crippen LogP contribution in [0.2, 0.25) is 0 Å². The van der Waals surface area contributed by atoms with E-state index in [1.54, 1.807) is 85.2 Å². The molecule has 4 aromatic heterocycles. The number of fused-ring (bicyclic) bond motifs is 2. The van der Waals surface area contributed by atoms with E-state index < -0.39 is 138 Å². The van der Waals surface area contributed by atoms with Crippen LogP contribution in [0.5, 0.6) is 0 Å². The number of thioether (sulfide) groups is 2. The maximum Gasteiger partial charge on any atom is 0.244 e. The summed E-state index contributed by atoms with van der Waals surface area (Å²) in [5.41, 5.74) is 15.9. The standard InChI is InChI=1S/C76H98N24O11S2/c1-43-65(102)95-61(33-50-37-82-41-89-50)73(110)100-63(29-46-18-8-5-9-19-46)92-55(24-14-26-83-75(77)78)68(105)98-59(31-48-35-86-54-23-13-11-21-52(48)54)71(108)99-62(39-113-42-112-3)74(111)91-44(2)66(103)94-60(32-49-36-81-40-88-49)72(109)96-57(28-45-16-6-4-7-17-45)70(107)93-56(25-15-27-84-76(79)80)69(106)97-58(67(104)87-38-64(101)90-43)30-47-34-85-53-22-12-10-20-51(47)53/h4-13,16-23,34-37,40-41,43-44,55-63,85-86,92H,14-15,24-33,38-39,42H2,1-3H3,(H,81,88)(H,82,89)(H,87,104)(H,90,101)(H,91,111)(H,93,107)(H,94,103)(H,95,102)(H,96,109)(H,97,106)(H,98,105)(H,99,108)(H,100,110)(H4,77,78,83)(H4,79,80,84)/t43-,44-,55-,56-,57+,58-,59-,60-,61-,62-,63+/m0/s1. The first-order chi connectivity index (χ1) is 54.5. The Hall–Kier alpha value is -12.3. The van der Waals surface area contributed by atoms with Gasteiger partial charge in [-0.15, -0.1) is 11.8 Å². The van der Waals surface area contributed by atoms with Gasteiger partial charge in [-0.2, -0.15) is 11.8 Å². The lowest BCUT2D eigenvalue weighted by atomic mass is 10.0. The number of nitrogens with zero attached hydrogens (tertiary/aromatic N) is 2. The summed E-state index contributed by atoms with van der Waals surface area (Å²) in [6.45, 7) is 2.18. The first-order valence-electron chi connectivity index (χ1n) is 36.9. The molecular weight excluding hydrogens is 1490 g/mol. The van der Waals surface area contributed by atoms with Crippen LogP contribution in [-0.2, 0) is 91.3 Å². The average molecular weight is 1590 g/mol. The number of rotatable bonds is 24. The molecule has 113 heavy (non-hydrogen) atoms. The van der Waals surface area contributed by atoms with Crippen LogP contribution in [0.3, 0.4) is 0 Å². The first-order valence-corrected chi connectivity index (χ1v) is 39.4. The summed E-state index contributed by atoms with van der Waals surface area (Å²) < 4.78 is 0. The number of guanidine groups is 2. The van der Waals surface area contributed by atoms with Gasteiger partial charge in [0.15, 0.2) is 11.9 Å². The lowest BCUT2D eigenvalue weighted by molar-refractivity contribution is -0.135. The van der Waals surface area contributed by atoms with Gasteiger partial charge in [0.2, 0.25) is 65.0 Å². The van der Waals surface area contributed by atoms with E-state index in [2.05, 4.69) is 104 Å². The number of nitrogens with two attached hydrogens (primary N) is 2. The van der Waals surface area contributed by atoms with Gasteiger partial charge in [-0.1, -0.05) is 97.1 Å². The number of benzene rings is 4. The average Bonchev–Trinajstić information content (AvgIpc) is 1.73. The van der Waals surface area contributed by atoms with E-state index in [1.807, 2.05) is 42.7 Å². The number of hydrogen-bond donors (Lipinski definition) is 22. The second-order valence-corrected chi connectivity index (χ2v) is 29.5. The SMILES string of the molecule is CSCSC[C@@H]1NC(=O)[C@H](Cc2c[nH]c3ccccc23)NC(=O)[C@H](CCCNC(=N)N)N[C@@H](Cc2ccccc2)NC(=O)[C@H](Cc2c[nH]cn2)NC(=O)[C@H](C)NC(=O)CNC(=O)[C@H](Cc2c[nH]c3ccccc23)NC(=O)[C@H](CCCNC(=N)N)NC(=O)[C@@H](Cc2ccccc2)NC(=O)[C@H](Cc2c[nH]cn2)NC(=O)[C@H](C)NC1=O. The van der Waals surface area contributed by atoms with Crippen molar-refractivity contribution in [1.82, 2.24) is 104 Å². The minimum absolute atomic E-state index is 0.00586. The van der Waals surface area contributed by atoms with Gasteiger partial charge in [-0.05, 0) is 80.2 Å². The van der Waals surface area contributed by atoms with Crippen molar-refractivity contribution >= 4 is 122 Å². The number of imidazole rings is 2. The minimum atomic E-state index is -1.49. The van der Waals surface area contributed by atoms with E-state index in [-0.39, 0.29) is 95.0 Å². The molecule has 0 spiro atoms. The zero-order valence-corrected chi connectivity index (χ0v) is 64.3. The highest BCUT2D eigenvalue weighted by molar-refractivity contribution is 8.15. The Balaban J connectivity index is 1.09. The summed E-state index contributed by atoms with van der Waals surface area (Å²) in [6.07, 6.45) is 9.20. The zero-order chi connectivity index (χ0) is 80.8. The molecule has 35 nitrogen and oxygen atoms in total. The fourth-order valence-electron chi connectivity index (χ4n) is 12.7. The number of H-pyrrole nitrogens is 4. The number of aromatic amines is 4. The van der Waals surface area contributed by atoms with Gasteiger partial charge < -0.3 is 101 Å². The number of hydrogen-bond acceptors (Lipinski definition) is 18. The molecule has 4 aromatic carbocycles. The summed E-state index contributed by atoms with van der Waals surface area (Å²) in [5.74, 6) is -9.90. The molecule has 8 aromatic rings. The van der Waals surface area contributed by atoms with Crippen molar-refractivity contribution in [3.8, 4) is 0 Å². The van der Waals surface area contributed by atoms with Crippen LogP contribution in [0.4, 0.5) is 0 Å². The van der Waals surface area contributed by atoms with Crippen LogP contribution in [0.25, 0.3) is 21.8 Å². The Bertz CT molecular complexity index is 4550. The molecule has 1 saturated heterocycles. The molecule has 11 amide bonds. The van der Waals surface area contributed by atoms with E-state index in [4.69, 9.17) is 22.3 Å². The van der Waals surface area contributed by atoms with Crippen molar-refractivity contribution in [3.05, 3.63) is 180 Å². The molecule has 5 heterocycles. The lowest BCUT2D eigenvalue weighted by Crippen LogP contribution is -2.62. The van der Waals surface area contributed by atoms with Crippen LogP contribution in [0.15, 0.2) is 147 Å². The molecule has 1 aliphatic heterocycles. The molecule has 0 saturated carbocycles. The minimum Gasteiger partial charge on any atom is -0.370 e. The third kappa shape index (κ3) is 26.5. The fraction of sp³-hybridized carbons (Fsp3) is 0.382. The normalized spacial score (nSPS) is 22.2. The van der Waals surface area contributed by atoms with E-state index in [9.17, 15) is 24.0 Å². The van der Waals surface area contributed by atoms with Gasteiger partial charge in [0.1, 0.15) is 54.4 Å². The largest absolute Gasteiger partial charge is 0.370 e. The van der Waals surface area contributed by atoms with Gasteiger partial charge in [0.05, 0.1) is 42.8 Å². The van der Waals surface area contributed by atoms with Crippen LogP contribution in [0, 0.1) is 10.8 Å². The third-order valence-electron chi connectivity index (χ3n) is 18.6. The molecule has 0 unspecified atom stereocenters. The van der Waals surface area contributed by atoms with Crippen molar-refractivity contribution < 1.29 is 52.7 Å². The molecular formula is C76H98N24O11S2. The molecule has 1 fully saturated rings. The summed E-state index contributed by atoms with van der Waals surface area (Å²) >= 11 is 2.76. The van der Waals surface area contributed by atoms with Crippen molar-refractivity contribution in [2.75, 3.05) is 36.7 Å². The van der Waals surface area contributed by atoms with Crippen LogP contribution < -0.4 is 85.9 Å². The Morgan fingerprint density at radius 1 is 0.442 bits per heavy atom. The molecule has 37 heteroatoms. The summed E-state index contributed by atoms with van der Waals surface area (Å²) in [5, 5.41) is 56.8. The molecule has 9 rings (SSSR count). The van der Waals surface area contributed by atoms with E-state index in [0.29, 0.717) is 49.6 Å². The second-order valence-electron chi connectivity index (χ2n) is 27.2. The quantitative estimate of drug-likeness (QED) is 0.0155. The van der Waals surface area contributed by atoms with Gasteiger partial charge in [0, 0.05) is 109 Å². The van der Waals surface area contributed by atoms with E-state index >= 15 is 28.8 Å². The Labute approximate surface area is 659 Å². The van der Waals surface area contributed by atoms with Crippen molar-refractivity contribution in [2.24, 2.45) is 11.5 Å². The van der Waals surface area contributed by atoms with Gasteiger partial charge >= 0.3 is 0 Å². The van der Waals surface area contributed by atoms with Gasteiger partial charge in [0.25, 0.3) is 0 Å². The Morgan fingerprint density at radius 2 is 0.850 bits per heavy atom. The van der Waals surface area contributed by atoms with Crippen molar-refractivity contribution in [1.29, 1.82) is 10.8 Å². The highest BCUT2D eigenvalue weighted by Gasteiger charge is 2.37.